The number of nitrogens with zero attached hydrogens (tertiary/aromatic N) is 1. The molecule has 1 N–H and O–H groups in total. The van der Waals surface area contributed by atoms with Crippen molar-refractivity contribution < 1.29 is 19.1 Å². The fourth-order valence-electron chi connectivity index (χ4n) is 2.08. The van der Waals surface area contributed by atoms with Crippen LogP contribution in [0.5, 0.6) is 0 Å². The van der Waals surface area contributed by atoms with Crippen molar-refractivity contribution in [2.24, 2.45) is 0 Å². The highest BCUT2D eigenvalue weighted by Crippen LogP contribution is 2.20. The molecule has 2 rings (SSSR count). The average Bonchev–Trinajstić information content (AvgIpc) is 2.47. The molecule has 1 unspecified atom stereocenters. The van der Waals surface area contributed by atoms with Gasteiger partial charge in [0.1, 0.15) is 11.7 Å². The van der Waals surface area contributed by atoms with E-state index in [-0.39, 0.29) is 0 Å². The van der Waals surface area contributed by atoms with Gasteiger partial charge < -0.3 is 14.8 Å². The smallest absolute Gasteiger partial charge is 0.421 e. The van der Waals surface area contributed by atoms with E-state index in [0.717, 1.165) is 4.90 Å². The van der Waals surface area contributed by atoms with Crippen LogP contribution in [0.25, 0.3) is 0 Å². The minimum atomic E-state index is -0.696. The van der Waals surface area contributed by atoms with E-state index in [1.165, 1.54) is 0 Å². The number of nitrogens with one attached hydrogen (secondary N) is 1. The topological polar surface area (TPSA) is 67.9 Å². The highest BCUT2D eigenvalue weighted by molar-refractivity contribution is 6.14. The summed E-state index contributed by atoms with van der Waals surface area (Å²) in [5.74, 6) is -0.423. The third-order valence-electron chi connectivity index (χ3n) is 3.01. The summed E-state index contributed by atoms with van der Waals surface area (Å²) in [5, 5.41) is 3.08. The number of rotatable bonds is 2. The summed E-state index contributed by atoms with van der Waals surface area (Å²) in [5.41, 5.74) is -0.216. The molecule has 120 valence electrons. The third-order valence-corrected chi connectivity index (χ3v) is 3.01. The molecule has 0 radical (unpaired) electrons. The van der Waals surface area contributed by atoms with Crippen LogP contribution >= 0.6 is 0 Å². The van der Waals surface area contributed by atoms with Gasteiger partial charge in [0.2, 0.25) is 0 Å². The standard InChI is InChI=1S/C16H22N2O4/c1-16(2,3)22-15(20)18(12-7-5-4-6-8-12)14(19)13-11-17-9-10-21-13/h4-8,13,17H,9-11H2,1-3H3. The van der Waals surface area contributed by atoms with Crippen molar-refractivity contribution in [2.75, 3.05) is 24.6 Å². The van der Waals surface area contributed by atoms with Gasteiger partial charge in [0, 0.05) is 13.1 Å². The Hall–Kier alpha value is -1.92. The molecule has 22 heavy (non-hydrogen) atoms. The number of ether oxygens (including phenoxy) is 2. The largest absolute Gasteiger partial charge is 0.443 e. The minimum Gasteiger partial charge on any atom is -0.443 e. The number of carbonyl (C=O) groups is 2. The maximum Gasteiger partial charge on any atom is 0.421 e. The number of carbonyl (C=O) groups excluding carboxylic acids is 2. The van der Waals surface area contributed by atoms with E-state index < -0.39 is 23.7 Å². The molecule has 1 atom stereocenters. The van der Waals surface area contributed by atoms with Gasteiger partial charge in [-0.3, -0.25) is 4.79 Å². The van der Waals surface area contributed by atoms with Crippen molar-refractivity contribution >= 4 is 17.7 Å². The molecular weight excluding hydrogens is 284 g/mol. The van der Waals surface area contributed by atoms with E-state index in [9.17, 15) is 9.59 Å². The molecule has 1 heterocycles. The molecule has 0 saturated carbocycles. The molecule has 1 aliphatic rings. The van der Waals surface area contributed by atoms with Crippen molar-refractivity contribution in [1.82, 2.24) is 5.32 Å². The van der Waals surface area contributed by atoms with Gasteiger partial charge in [-0.15, -0.1) is 0 Å². The highest BCUT2D eigenvalue weighted by atomic mass is 16.6. The van der Waals surface area contributed by atoms with Crippen LogP contribution in [-0.2, 0) is 14.3 Å². The van der Waals surface area contributed by atoms with E-state index in [0.29, 0.717) is 25.4 Å². The maximum absolute atomic E-state index is 12.7. The van der Waals surface area contributed by atoms with Crippen LogP contribution in [-0.4, -0.2) is 43.4 Å². The lowest BCUT2D eigenvalue weighted by atomic mass is 10.2. The van der Waals surface area contributed by atoms with Gasteiger partial charge in [0.05, 0.1) is 12.3 Å². The molecule has 6 nitrogen and oxygen atoms in total. The SMILES string of the molecule is CC(C)(C)OC(=O)N(C(=O)C1CNCCO1)c1ccccc1. The third kappa shape index (κ3) is 4.29. The van der Waals surface area contributed by atoms with Crippen LogP contribution in [0.1, 0.15) is 20.8 Å². The summed E-state index contributed by atoms with van der Waals surface area (Å²) in [4.78, 5) is 26.2. The van der Waals surface area contributed by atoms with E-state index in [4.69, 9.17) is 9.47 Å². The van der Waals surface area contributed by atoms with Crippen molar-refractivity contribution in [3.8, 4) is 0 Å². The first-order chi connectivity index (χ1) is 10.4. The van der Waals surface area contributed by atoms with Crippen molar-refractivity contribution in [1.29, 1.82) is 0 Å². The lowest BCUT2D eigenvalue weighted by Gasteiger charge is -2.30. The van der Waals surface area contributed by atoms with Gasteiger partial charge in [-0.25, -0.2) is 9.69 Å². The van der Waals surface area contributed by atoms with Crippen LogP contribution in [0.4, 0.5) is 10.5 Å². The molecular formula is C16H22N2O4. The van der Waals surface area contributed by atoms with Crippen LogP contribution < -0.4 is 10.2 Å². The van der Waals surface area contributed by atoms with Gasteiger partial charge in [0.15, 0.2) is 0 Å². The molecule has 1 aliphatic heterocycles. The molecule has 0 aromatic heterocycles. The monoisotopic (exact) mass is 306 g/mol. The van der Waals surface area contributed by atoms with Gasteiger partial charge in [0.25, 0.3) is 5.91 Å². The van der Waals surface area contributed by atoms with Gasteiger partial charge >= 0.3 is 6.09 Å². The first-order valence-corrected chi connectivity index (χ1v) is 7.33. The second-order valence-electron chi connectivity index (χ2n) is 6.05. The van der Waals surface area contributed by atoms with Crippen molar-refractivity contribution in [2.45, 2.75) is 32.5 Å². The quantitative estimate of drug-likeness (QED) is 0.904. The van der Waals surface area contributed by atoms with Crippen molar-refractivity contribution in [3.05, 3.63) is 30.3 Å². The second kappa shape index (κ2) is 6.89. The molecule has 1 fully saturated rings. The van der Waals surface area contributed by atoms with Crippen LogP contribution in [0, 0.1) is 0 Å². The predicted molar refractivity (Wildman–Crippen MR) is 82.8 cm³/mol. The number of benzene rings is 1. The summed E-state index contributed by atoms with van der Waals surface area (Å²) in [6.45, 7) is 6.80. The second-order valence-corrected chi connectivity index (χ2v) is 6.05. The van der Waals surface area contributed by atoms with Crippen LogP contribution in [0.3, 0.4) is 0 Å². The van der Waals surface area contributed by atoms with Gasteiger partial charge in [-0.2, -0.15) is 0 Å². The Morgan fingerprint density at radius 2 is 1.95 bits per heavy atom. The maximum atomic E-state index is 12.7. The average molecular weight is 306 g/mol. The zero-order valence-electron chi connectivity index (χ0n) is 13.2. The van der Waals surface area contributed by atoms with E-state index in [1.54, 1.807) is 45.0 Å². The summed E-state index contributed by atoms with van der Waals surface area (Å²) < 4.78 is 10.8. The first kappa shape index (κ1) is 16.5. The predicted octanol–water partition coefficient (Wildman–Crippen LogP) is 1.94. The molecule has 0 bridgehead atoms. The van der Waals surface area contributed by atoms with Crippen LogP contribution in [0.2, 0.25) is 0 Å². The molecule has 6 heteroatoms. The lowest BCUT2D eigenvalue weighted by Crippen LogP contribution is -2.52. The summed E-state index contributed by atoms with van der Waals surface area (Å²) >= 11 is 0. The molecule has 1 aromatic carbocycles. The summed E-state index contributed by atoms with van der Waals surface area (Å²) in [7, 11) is 0. The minimum absolute atomic E-state index is 0.380. The Morgan fingerprint density at radius 3 is 2.50 bits per heavy atom. The van der Waals surface area contributed by atoms with E-state index in [2.05, 4.69) is 5.32 Å². The fourth-order valence-corrected chi connectivity index (χ4v) is 2.08. The Kier molecular flexibility index (Phi) is 5.15. The number of anilines is 1. The molecule has 2 amide bonds. The molecule has 1 saturated heterocycles. The number of imide groups is 1. The molecule has 0 spiro atoms. The Balaban J connectivity index is 2.25. The Labute approximate surface area is 130 Å². The summed E-state index contributed by atoms with van der Waals surface area (Å²) in [6, 6.07) is 8.73. The fraction of sp³-hybridized carbons (Fsp3) is 0.500. The summed E-state index contributed by atoms with van der Waals surface area (Å²) in [6.07, 6.45) is -1.39. The molecule has 0 aliphatic carbocycles. The van der Waals surface area contributed by atoms with E-state index in [1.807, 2.05) is 6.07 Å². The first-order valence-electron chi connectivity index (χ1n) is 7.33. The lowest BCUT2D eigenvalue weighted by molar-refractivity contribution is -0.131. The van der Waals surface area contributed by atoms with E-state index >= 15 is 0 Å². The number of amides is 2. The highest BCUT2D eigenvalue weighted by Gasteiger charge is 2.34. The number of para-hydroxylation sites is 1. The van der Waals surface area contributed by atoms with Gasteiger partial charge in [-0.1, -0.05) is 18.2 Å². The zero-order valence-corrected chi connectivity index (χ0v) is 13.2. The zero-order chi connectivity index (χ0) is 16.2. The van der Waals surface area contributed by atoms with Crippen LogP contribution in [0.15, 0.2) is 30.3 Å². The normalized spacial score (nSPS) is 18.6. The number of hydrogen-bond acceptors (Lipinski definition) is 5. The number of morpholine rings is 1. The Morgan fingerprint density at radius 1 is 1.27 bits per heavy atom. The van der Waals surface area contributed by atoms with Crippen molar-refractivity contribution in [3.63, 3.8) is 0 Å². The molecule has 1 aromatic rings. The Bertz CT molecular complexity index is 519. The number of hydrogen-bond donors (Lipinski definition) is 1. The van der Waals surface area contributed by atoms with Gasteiger partial charge in [-0.05, 0) is 32.9 Å².